The van der Waals surface area contributed by atoms with Gasteiger partial charge in [0, 0.05) is 10.0 Å². The van der Waals surface area contributed by atoms with Crippen molar-refractivity contribution >= 4 is 54.6 Å². The summed E-state index contributed by atoms with van der Waals surface area (Å²) in [4.78, 5) is 0. The molecule has 0 aliphatic rings. The molecule has 0 aliphatic heterocycles. The average molecular weight is 525 g/mol. The van der Waals surface area contributed by atoms with E-state index < -0.39 is 20.0 Å². The lowest BCUT2D eigenvalue weighted by atomic mass is 10.1. The molecule has 12 heteroatoms. The summed E-state index contributed by atoms with van der Waals surface area (Å²) in [6, 6.07) is 8.21. The fourth-order valence-electron chi connectivity index (χ4n) is 2.91. The van der Waals surface area contributed by atoms with Gasteiger partial charge in [0.2, 0.25) is 20.0 Å². The molecular formula is C20H26Cl2N2O6S2. The summed E-state index contributed by atoms with van der Waals surface area (Å²) in [6.07, 6.45) is 3.74. The molecule has 4 N–H and O–H groups in total. The van der Waals surface area contributed by atoms with Crippen molar-refractivity contribution < 1.29 is 27.0 Å². The van der Waals surface area contributed by atoms with Gasteiger partial charge in [-0.3, -0.25) is 9.44 Å². The first kappa shape index (κ1) is 26.4. The van der Waals surface area contributed by atoms with Crippen molar-refractivity contribution in [2.45, 2.75) is 38.5 Å². The van der Waals surface area contributed by atoms with Crippen LogP contribution in [0.25, 0.3) is 0 Å². The van der Waals surface area contributed by atoms with E-state index in [1.807, 2.05) is 0 Å². The number of nitrogens with one attached hydrogen (secondary N) is 2. The fourth-order valence-corrected chi connectivity index (χ4v) is 5.62. The summed E-state index contributed by atoms with van der Waals surface area (Å²) in [7, 11) is -7.23. The number of halogens is 2. The number of anilines is 2. The van der Waals surface area contributed by atoms with Crippen LogP contribution in [0.2, 0.25) is 10.0 Å². The quantitative estimate of drug-likeness (QED) is 0.217. The molecule has 0 heterocycles. The molecule has 2 rings (SSSR count). The lowest BCUT2D eigenvalue weighted by Crippen LogP contribution is -2.17. The van der Waals surface area contributed by atoms with Gasteiger partial charge in [-0.2, -0.15) is 0 Å². The van der Waals surface area contributed by atoms with Crippen LogP contribution in [-0.2, 0) is 20.0 Å². The first-order valence-corrected chi connectivity index (χ1v) is 14.0. The summed E-state index contributed by atoms with van der Waals surface area (Å²) in [5.41, 5.74) is 0.0804. The zero-order valence-corrected chi connectivity index (χ0v) is 20.4. The molecule has 0 aromatic heterocycles. The van der Waals surface area contributed by atoms with Gasteiger partial charge in [0.05, 0.1) is 22.9 Å². The Labute approximate surface area is 198 Å². The van der Waals surface area contributed by atoms with Gasteiger partial charge in [-0.1, -0.05) is 48.9 Å². The van der Waals surface area contributed by atoms with Gasteiger partial charge in [-0.15, -0.1) is 0 Å². The first-order valence-electron chi connectivity index (χ1n) is 9.95. The number of aromatic hydroxyl groups is 2. The van der Waals surface area contributed by atoms with Crippen molar-refractivity contribution in [1.29, 1.82) is 0 Å². The van der Waals surface area contributed by atoms with E-state index in [0.29, 0.717) is 35.7 Å². The molecule has 0 amide bonds. The number of hydrogen-bond acceptors (Lipinski definition) is 6. The van der Waals surface area contributed by atoms with Crippen LogP contribution in [0.5, 0.6) is 11.5 Å². The van der Waals surface area contributed by atoms with Crippen molar-refractivity contribution in [3.8, 4) is 11.5 Å². The summed E-state index contributed by atoms with van der Waals surface area (Å²) in [5, 5.41) is 20.0. The highest BCUT2D eigenvalue weighted by Crippen LogP contribution is 2.28. The Morgan fingerprint density at radius 2 is 0.969 bits per heavy atom. The van der Waals surface area contributed by atoms with Crippen LogP contribution in [0.3, 0.4) is 0 Å². The Morgan fingerprint density at radius 1 is 0.625 bits per heavy atom. The maximum absolute atomic E-state index is 12.1. The van der Waals surface area contributed by atoms with Crippen LogP contribution in [0.15, 0.2) is 36.4 Å². The van der Waals surface area contributed by atoms with Gasteiger partial charge in [-0.25, -0.2) is 16.8 Å². The highest BCUT2D eigenvalue weighted by Gasteiger charge is 2.14. The molecule has 0 aliphatic carbocycles. The third kappa shape index (κ3) is 9.32. The predicted octanol–water partition coefficient (Wildman–Crippen LogP) is 4.93. The van der Waals surface area contributed by atoms with Crippen molar-refractivity contribution in [2.75, 3.05) is 20.9 Å². The molecule has 2 aromatic carbocycles. The number of rotatable bonds is 13. The van der Waals surface area contributed by atoms with Crippen LogP contribution in [-0.4, -0.2) is 38.6 Å². The zero-order chi connectivity index (χ0) is 23.8. The third-order valence-corrected chi connectivity index (χ3v) is 7.71. The summed E-state index contributed by atoms with van der Waals surface area (Å²) in [6.45, 7) is 0. The van der Waals surface area contributed by atoms with E-state index in [-0.39, 0.29) is 34.4 Å². The van der Waals surface area contributed by atoms with Crippen molar-refractivity contribution in [3.63, 3.8) is 0 Å². The largest absolute Gasteiger partial charge is 0.506 e. The van der Waals surface area contributed by atoms with E-state index >= 15 is 0 Å². The minimum absolute atomic E-state index is 0.0402. The Balaban J connectivity index is 1.63. The second kappa shape index (κ2) is 11.8. The first-order chi connectivity index (χ1) is 15.0. The summed E-state index contributed by atoms with van der Waals surface area (Å²) in [5.74, 6) is -0.596. The molecule has 0 fully saturated rings. The number of phenols is 2. The molecule has 8 nitrogen and oxygen atoms in total. The molecular weight excluding hydrogens is 499 g/mol. The smallest absolute Gasteiger partial charge is 0.232 e. The Hall–Kier alpha value is -1.88. The molecule has 0 unspecified atom stereocenters. The maximum Gasteiger partial charge on any atom is 0.232 e. The molecule has 0 saturated heterocycles. The van der Waals surface area contributed by atoms with Gasteiger partial charge >= 0.3 is 0 Å². The Morgan fingerprint density at radius 3 is 1.34 bits per heavy atom. The standard InChI is InChI=1S/C20H26Cl2N2O6S2/c21-15-7-9-19(25)17(13-15)23-31(27,28)11-5-3-1-2-4-6-12-32(29,30)24-18-14-16(22)8-10-20(18)26/h7-10,13-14,23-26H,1-6,11-12H2. The van der Waals surface area contributed by atoms with Gasteiger partial charge in [0.25, 0.3) is 0 Å². The molecule has 0 atom stereocenters. The van der Waals surface area contributed by atoms with Crippen LogP contribution in [0.4, 0.5) is 11.4 Å². The number of phenolic OH excluding ortho intramolecular Hbond substituents is 2. The highest BCUT2D eigenvalue weighted by molar-refractivity contribution is 7.92. The van der Waals surface area contributed by atoms with Gasteiger partial charge in [-0.05, 0) is 49.2 Å². The summed E-state index contributed by atoms with van der Waals surface area (Å²) >= 11 is 11.6. The van der Waals surface area contributed by atoms with Crippen molar-refractivity contribution in [1.82, 2.24) is 0 Å². The zero-order valence-electron chi connectivity index (χ0n) is 17.2. The highest BCUT2D eigenvalue weighted by atomic mass is 35.5. The van der Waals surface area contributed by atoms with Crippen LogP contribution >= 0.6 is 23.2 Å². The van der Waals surface area contributed by atoms with E-state index in [1.54, 1.807) is 0 Å². The summed E-state index contributed by atoms with van der Waals surface area (Å²) < 4.78 is 53.2. The van der Waals surface area contributed by atoms with E-state index in [0.717, 1.165) is 12.8 Å². The van der Waals surface area contributed by atoms with E-state index in [2.05, 4.69) is 9.44 Å². The van der Waals surface area contributed by atoms with Crippen LogP contribution in [0, 0.1) is 0 Å². The third-order valence-electron chi connectivity index (χ3n) is 4.52. The normalized spacial score (nSPS) is 11.9. The molecule has 2 aromatic rings. The van der Waals surface area contributed by atoms with Crippen molar-refractivity contribution in [2.24, 2.45) is 0 Å². The molecule has 32 heavy (non-hydrogen) atoms. The molecule has 0 saturated carbocycles. The van der Waals surface area contributed by atoms with Gasteiger partial charge in [0.15, 0.2) is 0 Å². The Bertz CT molecular complexity index is 1040. The number of benzene rings is 2. The van der Waals surface area contributed by atoms with Gasteiger partial charge in [0.1, 0.15) is 11.5 Å². The Kier molecular flexibility index (Phi) is 9.75. The molecule has 0 bridgehead atoms. The second-order valence-corrected chi connectivity index (χ2v) is 11.8. The van der Waals surface area contributed by atoms with E-state index in [4.69, 9.17) is 23.2 Å². The monoisotopic (exact) mass is 524 g/mol. The van der Waals surface area contributed by atoms with Crippen LogP contribution in [0.1, 0.15) is 38.5 Å². The number of sulfonamides is 2. The van der Waals surface area contributed by atoms with E-state index in [9.17, 15) is 27.0 Å². The average Bonchev–Trinajstić information content (AvgIpc) is 2.69. The second-order valence-electron chi connectivity index (χ2n) is 7.29. The van der Waals surface area contributed by atoms with Gasteiger partial charge < -0.3 is 10.2 Å². The van der Waals surface area contributed by atoms with Crippen molar-refractivity contribution in [3.05, 3.63) is 46.4 Å². The minimum atomic E-state index is -3.61. The van der Waals surface area contributed by atoms with E-state index in [1.165, 1.54) is 36.4 Å². The number of hydrogen-bond donors (Lipinski definition) is 4. The SMILES string of the molecule is O=S(=O)(CCCCCCCCS(=O)(=O)Nc1cc(Cl)ccc1O)Nc1cc(Cl)ccc1O. The lowest BCUT2D eigenvalue weighted by Gasteiger charge is -2.10. The minimum Gasteiger partial charge on any atom is -0.506 e. The molecule has 0 spiro atoms. The molecule has 178 valence electrons. The lowest BCUT2D eigenvalue weighted by molar-refractivity contribution is 0.477. The van der Waals surface area contributed by atoms with Crippen LogP contribution < -0.4 is 9.44 Å². The fraction of sp³-hybridized carbons (Fsp3) is 0.400. The maximum atomic E-state index is 12.1. The predicted molar refractivity (Wildman–Crippen MR) is 129 cm³/mol. The molecule has 0 radical (unpaired) electrons. The number of unbranched alkanes of at least 4 members (excludes halogenated alkanes) is 5. The topological polar surface area (TPSA) is 133 Å².